The monoisotopic (exact) mass is 202 g/mol. The molecule has 78 valence electrons. The molecule has 0 saturated heterocycles. The van der Waals surface area contributed by atoms with Crippen molar-refractivity contribution in [3.8, 4) is 0 Å². The minimum Gasteiger partial charge on any atom is -0.478 e. The summed E-state index contributed by atoms with van der Waals surface area (Å²) in [5.74, 6) is -0.914. The number of carboxylic acid groups (broad SMARTS) is 1. The van der Waals surface area contributed by atoms with Gasteiger partial charge in [-0.1, -0.05) is 49.4 Å². The standard InChI is InChI=1S/C13H14O2/c1-2-11(8-9-13(14)15)10-12-6-4-3-5-7-12/h3-10H,2H2,1H3,(H,14,15). The summed E-state index contributed by atoms with van der Waals surface area (Å²) in [5, 5.41) is 8.51. The van der Waals surface area contributed by atoms with Crippen molar-refractivity contribution in [2.24, 2.45) is 0 Å². The molecule has 1 aromatic carbocycles. The largest absolute Gasteiger partial charge is 0.478 e. The zero-order chi connectivity index (χ0) is 11.1. The number of hydrogen-bond acceptors (Lipinski definition) is 1. The van der Waals surface area contributed by atoms with Gasteiger partial charge in [0.05, 0.1) is 0 Å². The molecule has 0 atom stereocenters. The number of aliphatic carboxylic acids is 1. The van der Waals surface area contributed by atoms with Gasteiger partial charge in [0, 0.05) is 6.08 Å². The summed E-state index contributed by atoms with van der Waals surface area (Å²) in [6.45, 7) is 2.00. The fraction of sp³-hybridized carbons (Fsp3) is 0.154. The minimum atomic E-state index is -0.914. The number of allylic oxidation sites excluding steroid dienone is 2. The second-order valence-corrected chi connectivity index (χ2v) is 3.16. The van der Waals surface area contributed by atoms with Crippen molar-refractivity contribution >= 4 is 12.0 Å². The molecule has 0 radical (unpaired) electrons. The molecule has 0 saturated carbocycles. The molecule has 1 rings (SSSR count). The van der Waals surface area contributed by atoms with Crippen LogP contribution in [0, 0.1) is 0 Å². The molecule has 2 heteroatoms. The summed E-state index contributed by atoms with van der Waals surface area (Å²) >= 11 is 0. The molecule has 1 N–H and O–H groups in total. The van der Waals surface area contributed by atoms with Gasteiger partial charge in [-0.15, -0.1) is 0 Å². The van der Waals surface area contributed by atoms with Crippen LogP contribution in [0.2, 0.25) is 0 Å². The Morgan fingerprint density at radius 2 is 1.93 bits per heavy atom. The molecule has 0 aliphatic rings. The molecule has 0 unspecified atom stereocenters. The molecule has 0 aliphatic heterocycles. The molecule has 0 amide bonds. The predicted octanol–water partition coefficient (Wildman–Crippen LogP) is 3.12. The van der Waals surface area contributed by atoms with Gasteiger partial charge in [0.2, 0.25) is 0 Å². The van der Waals surface area contributed by atoms with Gasteiger partial charge >= 0.3 is 5.97 Å². The second-order valence-electron chi connectivity index (χ2n) is 3.16. The van der Waals surface area contributed by atoms with Crippen molar-refractivity contribution in [3.05, 3.63) is 53.6 Å². The molecule has 0 bridgehead atoms. The van der Waals surface area contributed by atoms with Crippen LogP contribution in [0.5, 0.6) is 0 Å². The summed E-state index contributed by atoms with van der Waals surface area (Å²) < 4.78 is 0. The van der Waals surface area contributed by atoms with Gasteiger partial charge in [-0.3, -0.25) is 0 Å². The molecule has 0 aliphatic carbocycles. The lowest BCUT2D eigenvalue weighted by molar-refractivity contribution is -0.131. The molecule has 1 aromatic rings. The van der Waals surface area contributed by atoms with Crippen LogP contribution >= 0.6 is 0 Å². The predicted molar refractivity (Wildman–Crippen MR) is 61.5 cm³/mol. The third-order valence-corrected chi connectivity index (χ3v) is 2.00. The first-order chi connectivity index (χ1) is 7.22. The van der Waals surface area contributed by atoms with Crippen molar-refractivity contribution in [1.29, 1.82) is 0 Å². The van der Waals surface area contributed by atoms with Crippen molar-refractivity contribution in [2.45, 2.75) is 13.3 Å². The zero-order valence-corrected chi connectivity index (χ0v) is 8.68. The quantitative estimate of drug-likeness (QED) is 0.601. The van der Waals surface area contributed by atoms with Crippen LogP contribution in [-0.2, 0) is 4.79 Å². The van der Waals surface area contributed by atoms with E-state index < -0.39 is 5.97 Å². The molecule has 0 aromatic heterocycles. The molecule has 0 spiro atoms. The van der Waals surface area contributed by atoms with E-state index in [1.54, 1.807) is 6.08 Å². The Morgan fingerprint density at radius 1 is 1.27 bits per heavy atom. The van der Waals surface area contributed by atoms with Crippen LogP contribution in [0.1, 0.15) is 18.9 Å². The van der Waals surface area contributed by atoms with E-state index in [1.807, 2.05) is 43.3 Å². The molecule has 15 heavy (non-hydrogen) atoms. The van der Waals surface area contributed by atoms with Crippen LogP contribution in [0.15, 0.2) is 48.1 Å². The first-order valence-corrected chi connectivity index (χ1v) is 4.89. The summed E-state index contributed by atoms with van der Waals surface area (Å²) in [7, 11) is 0. The zero-order valence-electron chi connectivity index (χ0n) is 8.68. The molecule has 0 fully saturated rings. The maximum absolute atomic E-state index is 10.4. The molecular formula is C13H14O2. The van der Waals surface area contributed by atoms with Crippen molar-refractivity contribution in [1.82, 2.24) is 0 Å². The lowest BCUT2D eigenvalue weighted by Crippen LogP contribution is -1.87. The Bertz CT molecular complexity index is 375. The van der Waals surface area contributed by atoms with Gasteiger partial charge in [-0.05, 0) is 17.6 Å². The Hall–Kier alpha value is -1.83. The van der Waals surface area contributed by atoms with E-state index in [1.165, 1.54) is 0 Å². The second kappa shape index (κ2) is 5.81. The average Bonchev–Trinajstić information content (AvgIpc) is 2.25. The van der Waals surface area contributed by atoms with Gasteiger partial charge < -0.3 is 5.11 Å². The first kappa shape index (κ1) is 11.2. The van der Waals surface area contributed by atoms with Crippen molar-refractivity contribution in [3.63, 3.8) is 0 Å². The number of carboxylic acids is 1. The number of benzene rings is 1. The van der Waals surface area contributed by atoms with Gasteiger partial charge in [0.15, 0.2) is 0 Å². The average molecular weight is 202 g/mol. The highest BCUT2D eigenvalue weighted by Gasteiger charge is 1.92. The highest BCUT2D eigenvalue weighted by Crippen LogP contribution is 2.10. The van der Waals surface area contributed by atoms with Crippen LogP contribution < -0.4 is 0 Å². The molecular weight excluding hydrogens is 188 g/mol. The summed E-state index contributed by atoms with van der Waals surface area (Å²) in [5.41, 5.74) is 2.09. The van der Waals surface area contributed by atoms with Crippen LogP contribution in [0.25, 0.3) is 6.08 Å². The Kier molecular flexibility index (Phi) is 4.35. The lowest BCUT2D eigenvalue weighted by atomic mass is 10.1. The fourth-order valence-corrected chi connectivity index (χ4v) is 1.21. The molecule has 2 nitrogen and oxygen atoms in total. The number of hydrogen-bond donors (Lipinski definition) is 1. The summed E-state index contributed by atoms with van der Waals surface area (Å²) in [6.07, 6.45) is 5.60. The normalized spacial score (nSPS) is 11.9. The lowest BCUT2D eigenvalue weighted by Gasteiger charge is -1.97. The Labute approximate surface area is 89.6 Å². The number of rotatable bonds is 4. The van der Waals surface area contributed by atoms with Gasteiger partial charge in [-0.25, -0.2) is 4.79 Å². The SMILES string of the molecule is CCC(C=CC(=O)O)=Cc1ccccc1. The van der Waals surface area contributed by atoms with E-state index in [0.717, 1.165) is 23.6 Å². The number of carbonyl (C=O) groups is 1. The third kappa shape index (κ3) is 4.27. The topological polar surface area (TPSA) is 37.3 Å². The van der Waals surface area contributed by atoms with Crippen molar-refractivity contribution < 1.29 is 9.90 Å². The fourth-order valence-electron chi connectivity index (χ4n) is 1.21. The summed E-state index contributed by atoms with van der Waals surface area (Å²) in [4.78, 5) is 10.4. The highest BCUT2D eigenvalue weighted by molar-refractivity contribution is 5.80. The minimum absolute atomic E-state index is 0.818. The van der Waals surface area contributed by atoms with Crippen LogP contribution in [-0.4, -0.2) is 11.1 Å². The van der Waals surface area contributed by atoms with Gasteiger partial charge in [0.1, 0.15) is 0 Å². The van der Waals surface area contributed by atoms with Crippen LogP contribution in [0.4, 0.5) is 0 Å². The van der Waals surface area contributed by atoms with E-state index in [4.69, 9.17) is 5.11 Å². The van der Waals surface area contributed by atoms with Gasteiger partial charge in [-0.2, -0.15) is 0 Å². The Balaban J connectivity index is 2.83. The van der Waals surface area contributed by atoms with E-state index >= 15 is 0 Å². The van der Waals surface area contributed by atoms with E-state index in [9.17, 15) is 4.79 Å². The summed E-state index contributed by atoms with van der Waals surface area (Å²) in [6, 6.07) is 9.85. The van der Waals surface area contributed by atoms with Crippen LogP contribution in [0.3, 0.4) is 0 Å². The maximum atomic E-state index is 10.4. The van der Waals surface area contributed by atoms with E-state index in [2.05, 4.69) is 0 Å². The third-order valence-electron chi connectivity index (χ3n) is 2.00. The maximum Gasteiger partial charge on any atom is 0.328 e. The molecule has 0 heterocycles. The van der Waals surface area contributed by atoms with E-state index in [0.29, 0.717) is 0 Å². The first-order valence-electron chi connectivity index (χ1n) is 4.89. The Morgan fingerprint density at radius 3 is 2.47 bits per heavy atom. The van der Waals surface area contributed by atoms with Crippen molar-refractivity contribution in [2.75, 3.05) is 0 Å². The van der Waals surface area contributed by atoms with Gasteiger partial charge in [0.25, 0.3) is 0 Å². The van der Waals surface area contributed by atoms with E-state index in [-0.39, 0.29) is 0 Å². The highest BCUT2D eigenvalue weighted by atomic mass is 16.4. The smallest absolute Gasteiger partial charge is 0.328 e.